The second-order valence-corrected chi connectivity index (χ2v) is 6.02. The molecular weight excluding hydrogens is 330 g/mol. The topological polar surface area (TPSA) is 94.2 Å². The molecule has 0 fully saturated rings. The summed E-state index contributed by atoms with van der Waals surface area (Å²) in [6.07, 6.45) is 3.26. The van der Waals surface area contributed by atoms with Crippen molar-refractivity contribution in [2.45, 2.75) is 6.92 Å². The molecule has 0 bridgehead atoms. The molecule has 124 valence electrons. The van der Waals surface area contributed by atoms with E-state index in [9.17, 15) is 9.59 Å². The number of nitrogens with one attached hydrogen (secondary N) is 1. The molecule has 0 aromatic carbocycles. The van der Waals surface area contributed by atoms with Crippen molar-refractivity contribution < 1.29 is 14.3 Å². The first-order chi connectivity index (χ1) is 11.6. The van der Waals surface area contributed by atoms with Gasteiger partial charge in [0, 0.05) is 25.1 Å². The molecule has 1 N–H and O–H groups in total. The highest BCUT2D eigenvalue weighted by Gasteiger charge is 2.20. The van der Waals surface area contributed by atoms with E-state index in [1.807, 2.05) is 0 Å². The number of esters is 1. The molecule has 3 aromatic rings. The minimum absolute atomic E-state index is 0.160. The first-order valence-electron chi connectivity index (χ1n) is 7.21. The number of pyridine rings is 1. The number of thiophene rings is 1. The number of aromatic nitrogens is 3. The summed E-state index contributed by atoms with van der Waals surface area (Å²) in [6, 6.07) is 3.56. The largest absolute Gasteiger partial charge is 0.459 e. The molecule has 0 aliphatic carbocycles. The van der Waals surface area contributed by atoms with Gasteiger partial charge in [0.15, 0.2) is 0 Å². The van der Waals surface area contributed by atoms with Gasteiger partial charge in [0.25, 0.3) is 5.56 Å². The lowest BCUT2D eigenvalue weighted by Gasteiger charge is -2.02. The summed E-state index contributed by atoms with van der Waals surface area (Å²) in [6.45, 7) is 2.19. The van der Waals surface area contributed by atoms with Gasteiger partial charge in [-0.3, -0.25) is 9.78 Å². The molecule has 0 amide bonds. The molecule has 0 spiro atoms. The Morgan fingerprint density at radius 1 is 1.38 bits per heavy atom. The Bertz CT molecular complexity index is 934. The lowest BCUT2D eigenvalue weighted by molar-refractivity contribution is 0.0393. The molecule has 3 aromatic heterocycles. The van der Waals surface area contributed by atoms with Crippen molar-refractivity contribution in [3.8, 4) is 11.4 Å². The Morgan fingerprint density at radius 2 is 2.21 bits per heavy atom. The third-order valence-electron chi connectivity index (χ3n) is 3.44. The van der Waals surface area contributed by atoms with E-state index in [1.54, 1.807) is 31.5 Å². The van der Waals surface area contributed by atoms with E-state index in [1.165, 1.54) is 7.11 Å². The fourth-order valence-corrected chi connectivity index (χ4v) is 3.34. The summed E-state index contributed by atoms with van der Waals surface area (Å²) in [5, 5.41) is 0.409. The van der Waals surface area contributed by atoms with Gasteiger partial charge in [-0.25, -0.2) is 9.78 Å². The van der Waals surface area contributed by atoms with Crippen molar-refractivity contribution in [3.05, 3.63) is 45.3 Å². The van der Waals surface area contributed by atoms with Gasteiger partial charge < -0.3 is 14.5 Å². The monoisotopic (exact) mass is 345 g/mol. The van der Waals surface area contributed by atoms with Crippen LogP contribution in [0.5, 0.6) is 0 Å². The summed E-state index contributed by atoms with van der Waals surface area (Å²) in [4.78, 5) is 36.7. The highest BCUT2D eigenvalue weighted by atomic mass is 32.1. The van der Waals surface area contributed by atoms with Crippen molar-refractivity contribution >= 4 is 27.5 Å². The van der Waals surface area contributed by atoms with Crippen LogP contribution in [0.3, 0.4) is 0 Å². The van der Waals surface area contributed by atoms with E-state index >= 15 is 0 Å². The van der Waals surface area contributed by atoms with Crippen LogP contribution < -0.4 is 5.56 Å². The van der Waals surface area contributed by atoms with Gasteiger partial charge in [-0.1, -0.05) is 0 Å². The van der Waals surface area contributed by atoms with E-state index in [-0.39, 0.29) is 12.2 Å². The number of ether oxygens (including phenoxy) is 2. The van der Waals surface area contributed by atoms with Crippen molar-refractivity contribution in [1.29, 1.82) is 0 Å². The quantitative estimate of drug-likeness (QED) is 0.562. The van der Waals surface area contributed by atoms with Crippen LogP contribution in [0.1, 0.15) is 15.2 Å². The van der Waals surface area contributed by atoms with E-state index < -0.39 is 5.97 Å². The number of H-pyrrole nitrogens is 1. The van der Waals surface area contributed by atoms with Gasteiger partial charge in [0.05, 0.1) is 12.0 Å². The third-order valence-corrected chi connectivity index (χ3v) is 4.61. The molecule has 24 heavy (non-hydrogen) atoms. The van der Waals surface area contributed by atoms with Gasteiger partial charge >= 0.3 is 5.97 Å². The molecule has 7 nitrogen and oxygen atoms in total. The van der Waals surface area contributed by atoms with E-state index in [0.29, 0.717) is 38.7 Å². The maximum absolute atomic E-state index is 12.4. The molecular formula is C16H15N3O4S. The standard InChI is InChI=1S/C16H15N3O4S/c1-9-11-14(20)18-13(10-4-3-5-17-8-10)19-15(11)24-12(9)16(21)23-7-6-22-2/h3-5,8H,6-7H2,1-2H3,(H,18,19,20). The van der Waals surface area contributed by atoms with Crippen LogP contribution in [0.4, 0.5) is 0 Å². The van der Waals surface area contributed by atoms with Crippen LogP contribution in [-0.4, -0.2) is 41.2 Å². The van der Waals surface area contributed by atoms with Crippen LogP contribution in [0, 0.1) is 6.92 Å². The summed E-state index contributed by atoms with van der Waals surface area (Å²) >= 11 is 1.15. The number of carbonyl (C=O) groups excluding carboxylic acids is 1. The average Bonchev–Trinajstić information content (AvgIpc) is 2.93. The smallest absolute Gasteiger partial charge is 0.348 e. The Balaban J connectivity index is 2.03. The third kappa shape index (κ3) is 3.06. The number of aryl methyl sites for hydroxylation is 1. The maximum atomic E-state index is 12.4. The molecule has 3 rings (SSSR count). The average molecular weight is 345 g/mol. The fourth-order valence-electron chi connectivity index (χ4n) is 2.26. The Kier molecular flexibility index (Phi) is 4.68. The Hall–Kier alpha value is -2.58. The van der Waals surface area contributed by atoms with Crippen molar-refractivity contribution in [2.24, 2.45) is 0 Å². The van der Waals surface area contributed by atoms with Crippen LogP contribution in [0.25, 0.3) is 21.6 Å². The predicted octanol–water partition coefficient (Wildman–Crippen LogP) is 2.16. The molecule has 0 saturated heterocycles. The van der Waals surface area contributed by atoms with Crippen LogP contribution in [0.15, 0.2) is 29.3 Å². The Labute approximate surface area is 141 Å². The number of nitrogens with zero attached hydrogens (tertiary/aromatic N) is 2. The van der Waals surface area contributed by atoms with Crippen molar-refractivity contribution in [2.75, 3.05) is 20.3 Å². The fraction of sp³-hybridized carbons (Fsp3) is 0.250. The molecule has 0 atom stereocenters. The van der Waals surface area contributed by atoms with Gasteiger partial charge in [-0.15, -0.1) is 11.3 Å². The molecule has 0 aliphatic heterocycles. The second kappa shape index (κ2) is 6.90. The molecule has 3 heterocycles. The van der Waals surface area contributed by atoms with Crippen LogP contribution in [-0.2, 0) is 9.47 Å². The number of methoxy groups -OCH3 is 1. The highest BCUT2D eigenvalue weighted by Crippen LogP contribution is 2.28. The molecule has 0 radical (unpaired) electrons. The molecule has 0 saturated carbocycles. The minimum atomic E-state index is -0.477. The number of fused-ring (bicyclic) bond motifs is 1. The minimum Gasteiger partial charge on any atom is -0.459 e. The van der Waals surface area contributed by atoms with E-state index in [0.717, 1.165) is 11.3 Å². The lowest BCUT2D eigenvalue weighted by atomic mass is 10.2. The summed E-state index contributed by atoms with van der Waals surface area (Å²) < 4.78 is 9.98. The number of carbonyl (C=O) groups is 1. The predicted molar refractivity (Wildman–Crippen MR) is 90.4 cm³/mol. The number of aromatic amines is 1. The maximum Gasteiger partial charge on any atom is 0.348 e. The number of hydrogen-bond acceptors (Lipinski definition) is 7. The van der Waals surface area contributed by atoms with Gasteiger partial charge in [0.2, 0.25) is 0 Å². The summed E-state index contributed by atoms with van der Waals surface area (Å²) in [5.41, 5.74) is 0.985. The zero-order chi connectivity index (χ0) is 17.1. The summed E-state index contributed by atoms with van der Waals surface area (Å²) in [5.74, 6) is -0.0592. The lowest BCUT2D eigenvalue weighted by Crippen LogP contribution is -2.11. The molecule has 0 unspecified atom stereocenters. The molecule has 8 heteroatoms. The first-order valence-corrected chi connectivity index (χ1v) is 8.03. The zero-order valence-electron chi connectivity index (χ0n) is 13.2. The van der Waals surface area contributed by atoms with Crippen molar-refractivity contribution in [3.63, 3.8) is 0 Å². The number of hydrogen-bond donors (Lipinski definition) is 1. The van der Waals surface area contributed by atoms with E-state index in [2.05, 4.69) is 15.0 Å². The van der Waals surface area contributed by atoms with Gasteiger partial charge in [-0.2, -0.15) is 0 Å². The van der Waals surface area contributed by atoms with Crippen LogP contribution in [0.2, 0.25) is 0 Å². The van der Waals surface area contributed by atoms with Crippen LogP contribution >= 0.6 is 11.3 Å². The highest BCUT2D eigenvalue weighted by molar-refractivity contribution is 7.20. The van der Waals surface area contributed by atoms with Crippen molar-refractivity contribution in [1.82, 2.24) is 15.0 Å². The normalized spacial score (nSPS) is 10.9. The molecule has 0 aliphatic rings. The van der Waals surface area contributed by atoms with Gasteiger partial charge in [0.1, 0.15) is 22.1 Å². The Morgan fingerprint density at radius 3 is 2.92 bits per heavy atom. The zero-order valence-corrected chi connectivity index (χ0v) is 14.0. The summed E-state index contributed by atoms with van der Waals surface area (Å²) in [7, 11) is 1.53. The SMILES string of the molecule is COCCOC(=O)c1sc2nc(-c3cccnc3)[nH]c(=O)c2c1C. The number of rotatable bonds is 5. The van der Waals surface area contributed by atoms with E-state index in [4.69, 9.17) is 9.47 Å². The van der Waals surface area contributed by atoms with Gasteiger partial charge in [-0.05, 0) is 24.6 Å². The first kappa shape index (κ1) is 16.3. The second-order valence-electron chi connectivity index (χ2n) is 5.02.